The van der Waals surface area contributed by atoms with Crippen molar-refractivity contribution in [2.75, 3.05) is 13.6 Å². The van der Waals surface area contributed by atoms with E-state index >= 15 is 0 Å². The van der Waals surface area contributed by atoms with E-state index in [1.807, 2.05) is 12.3 Å². The van der Waals surface area contributed by atoms with Gasteiger partial charge in [0.15, 0.2) is 5.96 Å². The molecule has 23 heavy (non-hydrogen) atoms. The molecule has 0 unspecified atom stereocenters. The van der Waals surface area contributed by atoms with Gasteiger partial charge in [-0.15, -0.1) is 0 Å². The van der Waals surface area contributed by atoms with Crippen LogP contribution >= 0.6 is 0 Å². The normalized spacial score (nSPS) is 12.3. The van der Waals surface area contributed by atoms with Crippen LogP contribution in [0.1, 0.15) is 38.0 Å². The summed E-state index contributed by atoms with van der Waals surface area (Å²) in [6, 6.07) is 4.00. The van der Waals surface area contributed by atoms with Gasteiger partial charge in [0.2, 0.25) is 5.89 Å². The zero-order chi connectivity index (χ0) is 16.7. The molecule has 0 aliphatic rings. The van der Waals surface area contributed by atoms with Gasteiger partial charge in [-0.1, -0.05) is 26.8 Å². The first kappa shape index (κ1) is 17.0. The molecule has 2 aromatic rings. The lowest BCUT2D eigenvalue weighted by molar-refractivity contribution is 0.379. The second kappa shape index (κ2) is 7.76. The number of guanidine groups is 1. The summed E-state index contributed by atoms with van der Waals surface area (Å²) in [6.45, 7) is 7.59. The average molecular weight is 315 g/mol. The molecule has 2 rings (SSSR count). The molecule has 2 N–H and O–H groups in total. The second-order valence-corrected chi connectivity index (χ2v) is 6.33. The number of rotatable bonds is 5. The molecule has 2 aromatic heterocycles. The van der Waals surface area contributed by atoms with E-state index in [-0.39, 0.29) is 5.41 Å². The van der Waals surface area contributed by atoms with Crippen LogP contribution in [0.5, 0.6) is 0 Å². The third kappa shape index (κ3) is 5.39. The minimum absolute atomic E-state index is 0.0328. The first-order valence-corrected chi connectivity index (χ1v) is 7.77. The van der Waals surface area contributed by atoms with Gasteiger partial charge in [-0.05, 0) is 18.1 Å². The van der Waals surface area contributed by atoms with Crippen molar-refractivity contribution in [1.29, 1.82) is 0 Å². The molecule has 6 nitrogen and oxygen atoms in total. The van der Waals surface area contributed by atoms with Crippen LogP contribution in [-0.4, -0.2) is 29.5 Å². The number of aliphatic imine (C=N–C) groups is 1. The summed E-state index contributed by atoms with van der Waals surface area (Å²) < 4.78 is 5.75. The van der Waals surface area contributed by atoms with Crippen molar-refractivity contribution in [3.05, 3.63) is 47.9 Å². The highest BCUT2D eigenvalue weighted by Gasteiger charge is 2.19. The molecule has 6 heteroatoms. The fraction of sp³-hybridized carbons (Fsp3) is 0.471. The topological polar surface area (TPSA) is 75.3 Å². The Morgan fingerprint density at radius 3 is 2.70 bits per heavy atom. The number of pyridine rings is 1. The molecule has 0 atom stereocenters. The van der Waals surface area contributed by atoms with Crippen LogP contribution in [0.25, 0.3) is 0 Å². The maximum absolute atomic E-state index is 5.75. The van der Waals surface area contributed by atoms with E-state index in [2.05, 4.69) is 52.4 Å². The van der Waals surface area contributed by atoms with Crippen molar-refractivity contribution in [1.82, 2.24) is 20.6 Å². The van der Waals surface area contributed by atoms with E-state index < -0.39 is 0 Å². The lowest BCUT2D eigenvalue weighted by Gasteiger charge is -2.13. The third-order valence-electron chi connectivity index (χ3n) is 3.35. The number of hydrogen-bond acceptors (Lipinski definition) is 4. The van der Waals surface area contributed by atoms with Gasteiger partial charge in [-0.25, -0.2) is 4.98 Å². The highest BCUT2D eigenvalue weighted by Crippen LogP contribution is 2.22. The van der Waals surface area contributed by atoms with Crippen molar-refractivity contribution in [2.24, 2.45) is 4.99 Å². The summed E-state index contributed by atoms with van der Waals surface area (Å²) in [7, 11) is 1.75. The fourth-order valence-electron chi connectivity index (χ4n) is 1.99. The van der Waals surface area contributed by atoms with Gasteiger partial charge >= 0.3 is 0 Å². The van der Waals surface area contributed by atoms with Crippen molar-refractivity contribution in [3.63, 3.8) is 0 Å². The van der Waals surface area contributed by atoms with Gasteiger partial charge in [0.1, 0.15) is 5.76 Å². The second-order valence-electron chi connectivity index (χ2n) is 6.33. The molecule has 0 bridgehead atoms. The predicted molar refractivity (Wildman–Crippen MR) is 91.3 cm³/mol. The Kier molecular flexibility index (Phi) is 5.73. The van der Waals surface area contributed by atoms with Crippen molar-refractivity contribution in [3.8, 4) is 0 Å². The summed E-state index contributed by atoms with van der Waals surface area (Å²) in [5, 5.41) is 6.47. The lowest BCUT2D eigenvalue weighted by atomic mass is 9.94. The highest BCUT2D eigenvalue weighted by molar-refractivity contribution is 5.79. The van der Waals surface area contributed by atoms with E-state index in [4.69, 9.17) is 4.42 Å². The van der Waals surface area contributed by atoms with Gasteiger partial charge in [0.05, 0.1) is 12.7 Å². The molecule has 0 fully saturated rings. The Morgan fingerprint density at radius 1 is 1.26 bits per heavy atom. The molecule has 0 saturated carbocycles. The zero-order valence-corrected chi connectivity index (χ0v) is 14.3. The zero-order valence-electron chi connectivity index (χ0n) is 14.3. The van der Waals surface area contributed by atoms with E-state index in [9.17, 15) is 0 Å². The number of nitrogens with one attached hydrogen (secondary N) is 2. The van der Waals surface area contributed by atoms with Crippen molar-refractivity contribution < 1.29 is 4.42 Å². The van der Waals surface area contributed by atoms with E-state index in [1.165, 1.54) is 5.56 Å². The third-order valence-corrected chi connectivity index (χ3v) is 3.35. The molecule has 0 radical (unpaired) electrons. The minimum Gasteiger partial charge on any atom is -0.443 e. The first-order chi connectivity index (χ1) is 11.0. The number of nitrogens with zero attached hydrogens (tertiary/aromatic N) is 3. The molecule has 0 amide bonds. The SMILES string of the molecule is CN=C(NCCc1cccnc1)NCc1ncc(C(C)(C)C)o1. The average Bonchev–Trinajstić information content (AvgIpc) is 3.01. The molecule has 0 aromatic carbocycles. The summed E-state index contributed by atoms with van der Waals surface area (Å²) in [5.41, 5.74) is 1.16. The van der Waals surface area contributed by atoms with Gasteiger partial charge in [0, 0.05) is 31.4 Å². The minimum atomic E-state index is -0.0328. The molecular weight excluding hydrogens is 290 g/mol. The van der Waals surface area contributed by atoms with Crippen LogP contribution < -0.4 is 10.6 Å². The summed E-state index contributed by atoms with van der Waals surface area (Å²) in [5.74, 6) is 2.27. The molecule has 0 aliphatic heterocycles. The van der Waals surface area contributed by atoms with Crippen LogP contribution in [0.2, 0.25) is 0 Å². The standard InChI is InChI=1S/C17H25N5O/c1-17(2,3)14-11-21-15(23-14)12-22-16(18-4)20-9-7-13-6-5-8-19-10-13/h5-6,8,10-11H,7,9,12H2,1-4H3,(H2,18,20,22). The van der Waals surface area contributed by atoms with Crippen LogP contribution in [0.15, 0.2) is 40.1 Å². The Hall–Kier alpha value is -2.37. The Bertz CT molecular complexity index is 628. The maximum atomic E-state index is 5.75. The monoisotopic (exact) mass is 315 g/mol. The fourth-order valence-corrected chi connectivity index (χ4v) is 1.99. The summed E-state index contributed by atoms with van der Waals surface area (Å²) in [6.07, 6.45) is 6.33. The Morgan fingerprint density at radius 2 is 2.09 bits per heavy atom. The molecule has 124 valence electrons. The van der Waals surface area contributed by atoms with Gasteiger partial charge in [-0.3, -0.25) is 9.98 Å². The Labute approximate surface area is 137 Å². The predicted octanol–water partition coefficient (Wildman–Crippen LogP) is 2.27. The van der Waals surface area contributed by atoms with Crippen molar-refractivity contribution in [2.45, 2.75) is 39.2 Å². The molecule has 0 saturated heterocycles. The van der Waals surface area contributed by atoms with Gasteiger partial charge in [0.25, 0.3) is 0 Å². The smallest absolute Gasteiger partial charge is 0.213 e. The quantitative estimate of drug-likeness (QED) is 0.654. The van der Waals surface area contributed by atoms with Crippen LogP contribution in [-0.2, 0) is 18.4 Å². The molecule has 0 spiro atoms. The van der Waals surface area contributed by atoms with E-state index in [0.717, 1.165) is 24.7 Å². The van der Waals surface area contributed by atoms with Crippen molar-refractivity contribution >= 4 is 5.96 Å². The van der Waals surface area contributed by atoms with Gasteiger partial charge < -0.3 is 15.1 Å². The number of aromatic nitrogens is 2. The number of hydrogen-bond donors (Lipinski definition) is 2. The largest absolute Gasteiger partial charge is 0.443 e. The van der Waals surface area contributed by atoms with Crippen LogP contribution in [0.3, 0.4) is 0 Å². The molecule has 0 aliphatic carbocycles. The van der Waals surface area contributed by atoms with Crippen LogP contribution in [0, 0.1) is 0 Å². The van der Waals surface area contributed by atoms with Crippen LogP contribution in [0.4, 0.5) is 0 Å². The van der Waals surface area contributed by atoms with E-state index in [0.29, 0.717) is 12.4 Å². The van der Waals surface area contributed by atoms with Gasteiger partial charge in [-0.2, -0.15) is 0 Å². The highest BCUT2D eigenvalue weighted by atomic mass is 16.4. The maximum Gasteiger partial charge on any atom is 0.213 e. The van der Waals surface area contributed by atoms with E-state index in [1.54, 1.807) is 19.4 Å². The summed E-state index contributed by atoms with van der Waals surface area (Å²) in [4.78, 5) is 12.6. The Balaban J connectivity index is 1.78. The molecular formula is C17H25N5O. The first-order valence-electron chi connectivity index (χ1n) is 7.77. The lowest BCUT2D eigenvalue weighted by Crippen LogP contribution is -2.37. The molecule has 2 heterocycles. The number of oxazole rings is 1. The summed E-state index contributed by atoms with van der Waals surface area (Å²) >= 11 is 0.